The third kappa shape index (κ3) is 5.79. The van der Waals surface area contributed by atoms with Gasteiger partial charge >= 0.3 is 5.97 Å². The van der Waals surface area contributed by atoms with Crippen molar-refractivity contribution in [1.29, 1.82) is 0 Å². The molecule has 4 rings (SSSR count). The maximum Gasteiger partial charge on any atom is 0.326 e. The van der Waals surface area contributed by atoms with Crippen LogP contribution < -0.4 is 5.32 Å². The lowest BCUT2D eigenvalue weighted by Gasteiger charge is -2.16. The largest absolute Gasteiger partial charge is 0.480 e. The fourth-order valence-corrected chi connectivity index (χ4v) is 4.86. The summed E-state index contributed by atoms with van der Waals surface area (Å²) in [4.78, 5) is 40.0. The molecule has 0 aliphatic carbocycles. The molecule has 0 aliphatic rings. The summed E-state index contributed by atoms with van der Waals surface area (Å²) in [5.41, 5.74) is 1.83. The Morgan fingerprint density at radius 1 is 1.08 bits per heavy atom. The van der Waals surface area contributed by atoms with E-state index in [1.54, 1.807) is 48.5 Å². The molecule has 0 saturated carbocycles. The predicted octanol–water partition coefficient (Wildman–Crippen LogP) is 4.29. The van der Waals surface area contributed by atoms with Crippen LogP contribution >= 0.6 is 11.6 Å². The molecule has 0 spiro atoms. The number of carboxylic acid groups (broad SMARTS) is 1. The van der Waals surface area contributed by atoms with Gasteiger partial charge in [0.25, 0.3) is 11.6 Å². The van der Waals surface area contributed by atoms with Gasteiger partial charge in [-0.1, -0.05) is 35.9 Å². The number of nitrogens with one attached hydrogen (secondary N) is 1. The number of carbonyl (C=O) groups excluding carboxylic acids is 1. The van der Waals surface area contributed by atoms with Gasteiger partial charge in [0.15, 0.2) is 9.84 Å². The number of carbonyl (C=O) groups is 2. The van der Waals surface area contributed by atoms with Gasteiger partial charge in [-0.2, -0.15) is 0 Å². The van der Waals surface area contributed by atoms with Gasteiger partial charge in [0.2, 0.25) is 0 Å². The summed E-state index contributed by atoms with van der Waals surface area (Å²) in [7, 11) is -3.53. The maximum absolute atomic E-state index is 12.7. The Kier molecular flexibility index (Phi) is 7.42. The Morgan fingerprint density at radius 2 is 1.82 bits per heavy atom. The normalized spacial score (nSPS) is 12.2. The maximum atomic E-state index is 12.7. The van der Waals surface area contributed by atoms with Crippen molar-refractivity contribution in [3.05, 3.63) is 99.1 Å². The summed E-state index contributed by atoms with van der Waals surface area (Å²) >= 11 is 6.09. The van der Waals surface area contributed by atoms with E-state index >= 15 is 0 Å². The van der Waals surface area contributed by atoms with Crippen LogP contribution in [0.5, 0.6) is 0 Å². The Bertz CT molecular complexity index is 1710. The van der Waals surface area contributed by atoms with Crippen LogP contribution in [0.4, 0.5) is 5.69 Å². The van der Waals surface area contributed by atoms with E-state index in [1.165, 1.54) is 18.2 Å². The Hall–Kier alpha value is -4.35. The summed E-state index contributed by atoms with van der Waals surface area (Å²) < 4.78 is 23.4. The van der Waals surface area contributed by atoms with Crippen LogP contribution in [0, 0.1) is 10.1 Å². The molecule has 10 nitrogen and oxygen atoms in total. The van der Waals surface area contributed by atoms with Crippen LogP contribution in [0.3, 0.4) is 0 Å². The number of benzene rings is 3. The molecule has 0 fully saturated rings. The van der Waals surface area contributed by atoms with Crippen LogP contribution in [-0.2, 0) is 21.1 Å². The third-order valence-electron chi connectivity index (χ3n) is 5.79. The fourth-order valence-electron chi connectivity index (χ4n) is 3.88. The number of halogens is 1. The first-order chi connectivity index (χ1) is 17.9. The zero-order valence-corrected chi connectivity index (χ0v) is 21.4. The SMILES string of the molecule is CS(=O)(=O)c1ccc(C(=O)NC(Cc2ccc3nc(-c4ccccc4[N+](=O)[O-])ccc3c2)C(=O)O)c(Cl)c1. The van der Waals surface area contributed by atoms with Crippen molar-refractivity contribution >= 4 is 49.9 Å². The molecule has 2 N–H and O–H groups in total. The van der Waals surface area contributed by atoms with Crippen molar-refractivity contribution in [2.24, 2.45) is 0 Å². The van der Waals surface area contributed by atoms with Gasteiger partial charge in [0, 0.05) is 24.1 Å². The van der Waals surface area contributed by atoms with Gasteiger partial charge in [-0.05, 0) is 48.0 Å². The molecule has 1 atom stereocenters. The van der Waals surface area contributed by atoms with Crippen LogP contribution in [-0.4, -0.2) is 47.6 Å². The number of hydrogen-bond donors (Lipinski definition) is 2. The number of para-hydroxylation sites is 1. The fraction of sp³-hybridized carbons (Fsp3) is 0.115. The first kappa shape index (κ1) is 26.7. The summed E-state index contributed by atoms with van der Waals surface area (Å²) in [5, 5.41) is 24.1. The molecule has 38 heavy (non-hydrogen) atoms. The number of aromatic nitrogens is 1. The molecule has 0 bridgehead atoms. The molecule has 1 heterocycles. The quantitative estimate of drug-likeness (QED) is 0.241. The topological polar surface area (TPSA) is 157 Å². The number of pyridine rings is 1. The number of rotatable bonds is 8. The average Bonchev–Trinajstić information content (AvgIpc) is 2.87. The molecule has 1 amide bonds. The van der Waals surface area contributed by atoms with Gasteiger partial charge in [-0.3, -0.25) is 14.9 Å². The van der Waals surface area contributed by atoms with Crippen LogP contribution in [0.15, 0.2) is 77.7 Å². The van der Waals surface area contributed by atoms with Gasteiger partial charge in [-0.25, -0.2) is 18.2 Å². The number of nitrogens with zero attached hydrogens (tertiary/aromatic N) is 2. The number of sulfone groups is 1. The van der Waals surface area contributed by atoms with E-state index in [-0.39, 0.29) is 27.6 Å². The van der Waals surface area contributed by atoms with E-state index in [2.05, 4.69) is 10.3 Å². The Morgan fingerprint density at radius 3 is 2.47 bits per heavy atom. The Labute approximate surface area is 222 Å². The highest BCUT2D eigenvalue weighted by Gasteiger charge is 2.23. The third-order valence-corrected chi connectivity index (χ3v) is 7.21. The zero-order chi connectivity index (χ0) is 27.6. The van der Waals surface area contributed by atoms with Crippen molar-refractivity contribution in [2.75, 3.05) is 6.26 Å². The van der Waals surface area contributed by atoms with E-state index in [0.717, 1.165) is 12.3 Å². The van der Waals surface area contributed by atoms with Crippen molar-refractivity contribution in [1.82, 2.24) is 10.3 Å². The number of aliphatic carboxylic acids is 1. The van der Waals surface area contributed by atoms with Crippen molar-refractivity contribution in [3.8, 4) is 11.3 Å². The molecule has 1 unspecified atom stereocenters. The molecular formula is C26H20ClN3O7S. The number of carboxylic acids is 1. The monoisotopic (exact) mass is 553 g/mol. The summed E-state index contributed by atoms with van der Waals surface area (Å²) in [6.45, 7) is 0. The minimum absolute atomic E-state index is 0.0536. The van der Waals surface area contributed by atoms with Gasteiger partial charge in [0.05, 0.1) is 37.2 Å². The van der Waals surface area contributed by atoms with E-state index < -0.39 is 32.7 Å². The standard InChI is InChI=1S/C26H20ClN3O7S/c1-38(36,37)17-8-9-18(20(27)14-17)25(31)29-23(26(32)33)13-15-6-10-21-16(12-15)7-11-22(28-21)19-4-2-3-5-24(19)30(34)35/h2-12,14,23H,13H2,1H3,(H,29,31)(H,32,33). The molecule has 0 saturated heterocycles. The number of fused-ring (bicyclic) bond motifs is 1. The lowest BCUT2D eigenvalue weighted by atomic mass is 10.0. The van der Waals surface area contributed by atoms with Crippen LogP contribution in [0.25, 0.3) is 22.2 Å². The molecule has 4 aromatic rings. The molecule has 3 aromatic carbocycles. The highest BCUT2D eigenvalue weighted by Crippen LogP contribution is 2.30. The number of nitro benzene ring substituents is 1. The molecule has 194 valence electrons. The molecular weight excluding hydrogens is 534 g/mol. The second-order valence-electron chi connectivity index (χ2n) is 8.48. The molecule has 1 aromatic heterocycles. The van der Waals surface area contributed by atoms with Crippen molar-refractivity contribution < 1.29 is 28.0 Å². The zero-order valence-electron chi connectivity index (χ0n) is 19.8. The minimum Gasteiger partial charge on any atom is -0.480 e. The van der Waals surface area contributed by atoms with Crippen molar-refractivity contribution in [2.45, 2.75) is 17.4 Å². The van der Waals surface area contributed by atoms with Gasteiger partial charge in [-0.15, -0.1) is 0 Å². The number of nitro groups is 1. The molecule has 12 heteroatoms. The minimum atomic E-state index is -3.53. The van der Waals surface area contributed by atoms with Crippen LogP contribution in [0.2, 0.25) is 5.02 Å². The predicted molar refractivity (Wildman–Crippen MR) is 141 cm³/mol. The van der Waals surface area contributed by atoms with Gasteiger partial charge < -0.3 is 10.4 Å². The second-order valence-corrected chi connectivity index (χ2v) is 10.9. The smallest absolute Gasteiger partial charge is 0.326 e. The molecule has 0 radical (unpaired) electrons. The van der Waals surface area contributed by atoms with Gasteiger partial charge in [0.1, 0.15) is 6.04 Å². The van der Waals surface area contributed by atoms with Crippen LogP contribution in [0.1, 0.15) is 15.9 Å². The lowest BCUT2D eigenvalue weighted by Crippen LogP contribution is -2.42. The summed E-state index contributed by atoms with van der Waals surface area (Å²) in [6.07, 6.45) is 0.951. The van der Waals surface area contributed by atoms with E-state index in [1.807, 2.05) is 0 Å². The summed E-state index contributed by atoms with van der Waals surface area (Å²) in [6, 6.07) is 17.0. The number of hydrogen-bond acceptors (Lipinski definition) is 7. The summed E-state index contributed by atoms with van der Waals surface area (Å²) in [5.74, 6) is -2.04. The van der Waals surface area contributed by atoms with E-state index in [4.69, 9.17) is 11.6 Å². The van der Waals surface area contributed by atoms with E-state index in [9.17, 15) is 33.2 Å². The Balaban J connectivity index is 1.56. The molecule has 0 aliphatic heterocycles. The number of amides is 1. The first-order valence-corrected chi connectivity index (χ1v) is 13.4. The lowest BCUT2D eigenvalue weighted by molar-refractivity contribution is -0.384. The second kappa shape index (κ2) is 10.6. The average molecular weight is 554 g/mol. The van der Waals surface area contributed by atoms with Crippen molar-refractivity contribution in [3.63, 3.8) is 0 Å². The first-order valence-electron chi connectivity index (χ1n) is 11.1. The highest BCUT2D eigenvalue weighted by atomic mass is 35.5. The highest BCUT2D eigenvalue weighted by molar-refractivity contribution is 7.90. The van der Waals surface area contributed by atoms with E-state index in [0.29, 0.717) is 27.7 Å².